The van der Waals surface area contributed by atoms with E-state index in [0.717, 1.165) is 11.5 Å². The molecule has 112 valence electrons. The minimum absolute atomic E-state index is 0.173. The Bertz CT molecular complexity index is 522. The smallest absolute Gasteiger partial charge is 0.127 e. The van der Waals surface area contributed by atoms with Crippen LogP contribution in [-0.2, 0) is 10.8 Å². The molecule has 0 unspecified atom stereocenters. The zero-order valence-corrected chi connectivity index (χ0v) is 14.0. The normalized spacial score (nSPS) is 12.3. The van der Waals surface area contributed by atoms with Crippen LogP contribution in [0.15, 0.2) is 48.5 Å². The average Bonchev–Trinajstić information content (AvgIpc) is 2.38. The third-order valence-corrected chi connectivity index (χ3v) is 3.68. The molecular weight excluding hydrogens is 256 g/mol. The molecule has 0 amide bonds. The molecule has 0 saturated carbocycles. The topological polar surface area (TPSA) is 9.23 Å². The van der Waals surface area contributed by atoms with Crippen molar-refractivity contribution in [3.63, 3.8) is 0 Å². The summed E-state index contributed by atoms with van der Waals surface area (Å²) in [6, 6.07) is 16.7. The van der Waals surface area contributed by atoms with Crippen molar-refractivity contribution in [2.24, 2.45) is 0 Å². The Balaban J connectivity index is 2.12. The van der Waals surface area contributed by atoms with Crippen molar-refractivity contribution < 1.29 is 4.74 Å². The fraction of sp³-hybridized carbons (Fsp3) is 0.400. The molecule has 0 aromatic heterocycles. The van der Waals surface area contributed by atoms with Crippen LogP contribution in [0.2, 0.25) is 0 Å². The van der Waals surface area contributed by atoms with E-state index in [9.17, 15) is 0 Å². The highest BCUT2D eigenvalue weighted by Crippen LogP contribution is 2.29. The van der Waals surface area contributed by atoms with Crippen LogP contribution in [0.1, 0.15) is 52.7 Å². The van der Waals surface area contributed by atoms with E-state index in [0.29, 0.717) is 0 Å². The van der Waals surface area contributed by atoms with E-state index in [1.807, 2.05) is 24.3 Å². The van der Waals surface area contributed by atoms with E-state index in [4.69, 9.17) is 4.74 Å². The van der Waals surface area contributed by atoms with Gasteiger partial charge < -0.3 is 4.74 Å². The Morgan fingerprint density at radius 3 is 1.05 bits per heavy atom. The van der Waals surface area contributed by atoms with Crippen LogP contribution in [0.25, 0.3) is 0 Å². The van der Waals surface area contributed by atoms with Gasteiger partial charge in [0.25, 0.3) is 0 Å². The molecule has 0 saturated heterocycles. The van der Waals surface area contributed by atoms with Gasteiger partial charge in [-0.15, -0.1) is 0 Å². The largest absolute Gasteiger partial charge is 0.457 e. The van der Waals surface area contributed by atoms with E-state index < -0.39 is 0 Å². The fourth-order valence-electron chi connectivity index (χ4n) is 2.18. The summed E-state index contributed by atoms with van der Waals surface area (Å²) in [5, 5.41) is 0. The Morgan fingerprint density at radius 2 is 0.810 bits per heavy atom. The van der Waals surface area contributed by atoms with Crippen molar-refractivity contribution in [1.82, 2.24) is 0 Å². The lowest BCUT2D eigenvalue weighted by molar-refractivity contribution is 0.480. The van der Waals surface area contributed by atoms with Crippen molar-refractivity contribution in [2.75, 3.05) is 0 Å². The van der Waals surface area contributed by atoms with Crippen LogP contribution in [0, 0.1) is 0 Å². The SMILES string of the molecule is CC(C)(C)c1ccc(Oc2ccc(C(C)(C)C)cc2)cc1. The Labute approximate surface area is 129 Å². The van der Waals surface area contributed by atoms with Crippen molar-refractivity contribution in [3.05, 3.63) is 59.7 Å². The summed E-state index contributed by atoms with van der Waals surface area (Å²) < 4.78 is 5.91. The maximum Gasteiger partial charge on any atom is 0.127 e. The van der Waals surface area contributed by atoms with Crippen molar-refractivity contribution >= 4 is 0 Å². The molecule has 21 heavy (non-hydrogen) atoms. The molecule has 0 fully saturated rings. The molecule has 0 heterocycles. The number of rotatable bonds is 2. The van der Waals surface area contributed by atoms with Crippen LogP contribution in [0.5, 0.6) is 11.5 Å². The summed E-state index contributed by atoms with van der Waals surface area (Å²) in [5.74, 6) is 1.76. The predicted octanol–water partition coefficient (Wildman–Crippen LogP) is 6.07. The standard InChI is InChI=1S/C20H26O/c1-19(2,3)15-7-11-17(12-8-15)21-18-13-9-16(10-14-18)20(4,5)6/h7-14H,1-6H3. The molecule has 2 aromatic rings. The summed E-state index contributed by atoms with van der Waals surface area (Å²) in [7, 11) is 0. The first-order valence-corrected chi connectivity index (χ1v) is 7.55. The molecule has 0 bridgehead atoms. The van der Waals surface area contributed by atoms with Crippen LogP contribution in [-0.4, -0.2) is 0 Å². The summed E-state index contributed by atoms with van der Waals surface area (Å²) in [4.78, 5) is 0. The van der Waals surface area contributed by atoms with E-state index in [1.54, 1.807) is 0 Å². The van der Waals surface area contributed by atoms with Crippen molar-refractivity contribution in [2.45, 2.75) is 52.4 Å². The highest BCUT2D eigenvalue weighted by molar-refractivity contribution is 5.37. The number of hydrogen-bond acceptors (Lipinski definition) is 1. The second-order valence-corrected chi connectivity index (χ2v) is 7.65. The second-order valence-electron chi connectivity index (χ2n) is 7.65. The summed E-state index contributed by atoms with van der Waals surface area (Å²) >= 11 is 0. The van der Waals surface area contributed by atoms with Crippen LogP contribution < -0.4 is 4.74 Å². The number of hydrogen-bond donors (Lipinski definition) is 0. The first kappa shape index (κ1) is 15.6. The van der Waals surface area contributed by atoms with Gasteiger partial charge in [-0.1, -0.05) is 65.8 Å². The zero-order valence-electron chi connectivity index (χ0n) is 14.0. The Kier molecular flexibility index (Phi) is 4.13. The molecule has 2 rings (SSSR count). The lowest BCUT2D eigenvalue weighted by atomic mass is 9.87. The highest BCUT2D eigenvalue weighted by atomic mass is 16.5. The van der Waals surface area contributed by atoms with Crippen LogP contribution in [0.4, 0.5) is 0 Å². The van der Waals surface area contributed by atoms with E-state index in [-0.39, 0.29) is 10.8 Å². The first-order valence-electron chi connectivity index (χ1n) is 7.55. The molecule has 0 aliphatic heterocycles. The lowest BCUT2D eigenvalue weighted by Crippen LogP contribution is -2.10. The Morgan fingerprint density at radius 1 is 0.524 bits per heavy atom. The average molecular weight is 282 g/mol. The van der Waals surface area contributed by atoms with Gasteiger partial charge in [0, 0.05) is 0 Å². The molecule has 0 N–H and O–H groups in total. The number of benzene rings is 2. The van der Waals surface area contributed by atoms with Crippen molar-refractivity contribution in [1.29, 1.82) is 0 Å². The minimum atomic E-state index is 0.173. The zero-order chi connectivity index (χ0) is 15.7. The van der Waals surface area contributed by atoms with Gasteiger partial charge in [-0.05, 0) is 46.2 Å². The van der Waals surface area contributed by atoms with Gasteiger partial charge >= 0.3 is 0 Å². The molecule has 2 aromatic carbocycles. The van der Waals surface area contributed by atoms with Gasteiger partial charge in [-0.3, -0.25) is 0 Å². The number of ether oxygens (including phenoxy) is 1. The van der Waals surface area contributed by atoms with Gasteiger partial charge in [0.1, 0.15) is 11.5 Å². The van der Waals surface area contributed by atoms with Crippen LogP contribution >= 0.6 is 0 Å². The predicted molar refractivity (Wildman–Crippen MR) is 90.4 cm³/mol. The molecule has 1 nitrogen and oxygen atoms in total. The third-order valence-electron chi connectivity index (χ3n) is 3.68. The molecule has 0 aliphatic rings. The van der Waals surface area contributed by atoms with Gasteiger partial charge in [-0.25, -0.2) is 0 Å². The summed E-state index contributed by atoms with van der Waals surface area (Å²) in [6.07, 6.45) is 0. The second kappa shape index (κ2) is 5.55. The minimum Gasteiger partial charge on any atom is -0.457 e. The molecule has 0 spiro atoms. The fourth-order valence-corrected chi connectivity index (χ4v) is 2.18. The molecule has 1 heteroatoms. The molecule has 0 atom stereocenters. The summed E-state index contributed by atoms with van der Waals surface area (Å²) in [5.41, 5.74) is 2.98. The van der Waals surface area contributed by atoms with E-state index in [1.165, 1.54) is 11.1 Å². The maximum absolute atomic E-state index is 5.91. The molecule has 0 aliphatic carbocycles. The summed E-state index contributed by atoms with van der Waals surface area (Å²) in [6.45, 7) is 13.3. The first-order chi connectivity index (χ1) is 9.66. The van der Waals surface area contributed by atoms with E-state index >= 15 is 0 Å². The monoisotopic (exact) mass is 282 g/mol. The van der Waals surface area contributed by atoms with Crippen molar-refractivity contribution in [3.8, 4) is 11.5 Å². The third kappa shape index (κ3) is 4.10. The quantitative estimate of drug-likeness (QED) is 0.649. The maximum atomic E-state index is 5.91. The Hall–Kier alpha value is -1.76. The van der Waals surface area contributed by atoms with Gasteiger partial charge in [0.15, 0.2) is 0 Å². The van der Waals surface area contributed by atoms with Gasteiger partial charge in [0.2, 0.25) is 0 Å². The van der Waals surface area contributed by atoms with Gasteiger partial charge in [-0.2, -0.15) is 0 Å². The highest BCUT2D eigenvalue weighted by Gasteiger charge is 2.14. The van der Waals surface area contributed by atoms with Gasteiger partial charge in [0.05, 0.1) is 0 Å². The van der Waals surface area contributed by atoms with Crippen LogP contribution in [0.3, 0.4) is 0 Å². The van der Waals surface area contributed by atoms with E-state index in [2.05, 4.69) is 65.8 Å². The lowest BCUT2D eigenvalue weighted by Gasteiger charge is -2.20. The molecular formula is C20H26O. The molecule has 0 radical (unpaired) electrons.